The number of aliphatic hydroxyl groups excluding tert-OH is 2. The highest BCUT2D eigenvalue weighted by Crippen LogP contribution is 2.36. The van der Waals surface area contributed by atoms with Crippen molar-refractivity contribution in [2.45, 2.75) is 25.7 Å². The molecule has 0 fully saturated rings. The number of benzene rings is 1. The average molecular weight is 266 g/mol. The highest BCUT2D eigenvalue weighted by atomic mass is 19.3. The summed E-state index contributed by atoms with van der Waals surface area (Å²) in [5, 5.41) is 17.2. The largest absolute Gasteiger partial charge is 0.390 e. The van der Waals surface area contributed by atoms with Crippen LogP contribution in [0.4, 0.5) is 17.6 Å². The van der Waals surface area contributed by atoms with Crippen LogP contribution in [0.1, 0.15) is 22.3 Å². The Balaban J connectivity index is 3.46. The molecule has 0 unspecified atom stereocenters. The first-order valence-corrected chi connectivity index (χ1v) is 5.25. The topological polar surface area (TPSA) is 40.5 Å². The predicted octanol–water partition coefficient (Wildman–Crippen LogP) is 2.47. The maximum atomic E-state index is 13.4. The molecular formula is C12H14F4O2. The first-order chi connectivity index (χ1) is 8.15. The minimum absolute atomic E-state index is 0.145. The molecule has 102 valence electrons. The van der Waals surface area contributed by atoms with E-state index in [0.717, 1.165) is 6.07 Å². The van der Waals surface area contributed by atoms with Crippen LogP contribution in [0.25, 0.3) is 0 Å². The zero-order valence-electron chi connectivity index (χ0n) is 9.98. The average Bonchev–Trinajstić information content (AvgIpc) is 2.31. The Hall–Kier alpha value is -1.14. The number of alkyl halides is 4. The van der Waals surface area contributed by atoms with Crippen molar-refractivity contribution in [3.05, 3.63) is 34.4 Å². The summed E-state index contributed by atoms with van der Waals surface area (Å²) in [6.07, 6.45) is 0. The molecule has 18 heavy (non-hydrogen) atoms. The lowest BCUT2D eigenvalue weighted by Crippen LogP contribution is -2.24. The van der Waals surface area contributed by atoms with E-state index in [1.54, 1.807) is 0 Å². The van der Waals surface area contributed by atoms with Gasteiger partial charge in [0.1, 0.15) is 13.2 Å². The fourth-order valence-corrected chi connectivity index (χ4v) is 1.63. The predicted molar refractivity (Wildman–Crippen MR) is 57.9 cm³/mol. The Morgan fingerprint density at radius 2 is 1.44 bits per heavy atom. The number of rotatable bonds is 4. The van der Waals surface area contributed by atoms with Gasteiger partial charge in [0, 0.05) is 11.1 Å². The number of hydrogen-bond donors (Lipinski definition) is 2. The number of aliphatic hydroxyl groups is 2. The van der Waals surface area contributed by atoms with Crippen LogP contribution in [-0.2, 0) is 11.8 Å². The monoisotopic (exact) mass is 266 g/mol. The van der Waals surface area contributed by atoms with Crippen LogP contribution >= 0.6 is 0 Å². The summed E-state index contributed by atoms with van der Waals surface area (Å²) < 4.78 is 53.5. The van der Waals surface area contributed by atoms with Gasteiger partial charge in [-0.25, -0.2) is 0 Å². The minimum Gasteiger partial charge on any atom is -0.390 e. The maximum absolute atomic E-state index is 13.4. The second-order valence-corrected chi connectivity index (χ2v) is 4.19. The van der Waals surface area contributed by atoms with E-state index in [-0.39, 0.29) is 11.1 Å². The molecule has 0 atom stereocenters. The molecule has 0 spiro atoms. The van der Waals surface area contributed by atoms with Gasteiger partial charge in [-0.05, 0) is 37.1 Å². The highest BCUT2D eigenvalue weighted by molar-refractivity contribution is 5.41. The molecule has 0 radical (unpaired) electrons. The Morgan fingerprint density at radius 1 is 0.944 bits per heavy atom. The van der Waals surface area contributed by atoms with Gasteiger partial charge >= 0.3 is 0 Å². The molecule has 1 aromatic carbocycles. The first-order valence-electron chi connectivity index (χ1n) is 5.25. The lowest BCUT2D eigenvalue weighted by Gasteiger charge is -2.22. The molecule has 0 heterocycles. The van der Waals surface area contributed by atoms with Crippen molar-refractivity contribution in [1.29, 1.82) is 0 Å². The molecule has 0 bridgehead atoms. The molecule has 0 amide bonds. The molecule has 0 aromatic heterocycles. The van der Waals surface area contributed by atoms with Crippen molar-refractivity contribution >= 4 is 0 Å². The van der Waals surface area contributed by atoms with E-state index >= 15 is 0 Å². The SMILES string of the molecule is Cc1cc(C(F)(F)CO)cc(C(F)(F)CO)c1C. The fraction of sp³-hybridized carbons (Fsp3) is 0.500. The summed E-state index contributed by atoms with van der Waals surface area (Å²) in [5.41, 5.74) is -0.931. The fourth-order valence-electron chi connectivity index (χ4n) is 1.63. The molecule has 1 rings (SSSR count). The van der Waals surface area contributed by atoms with E-state index < -0.39 is 36.2 Å². The highest BCUT2D eigenvalue weighted by Gasteiger charge is 2.37. The summed E-state index contributed by atoms with van der Waals surface area (Å²) in [6, 6.07) is 1.69. The maximum Gasteiger partial charge on any atom is 0.296 e. The van der Waals surface area contributed by atoms with Gasteiger partial charge in [0.15, 0.2) is 0 Å². The van der Waals surface area contributed by atoms with Gasteiger partial charge in [0.05, 0.1) is 0 Å². The van der Waals surface area contributed by atoms with E-state index in [2.05, 4.69) is 0 Å². The van der Waals surface area contributed by atoms with Crippen LogP contribution in [0, 0.1) is 13.8 Å². The third kappa shape index (κ3) is 2.64. The van der Waals surface area contributed by atoms with E-state index in [1.165, 1.54) is 13.8 Å². The molecule has 0 saturated heterocycles. The summed E-state index contributed by atoms with van der Waals surface area (Å²) in [5.74, 6) is -7.17. The molecule has 1 aromatic rings. The summed E-state index contributed by atoms with van der Waals surface area (Å²) in [7, 11) is 0. The number of halogens is 4. The van der Waals surface area contributed by atoms with Crippen LogP contribution in [-0.4, -0.2) is 23.4 Å². The van der Waals surface area contributed by atoms with E-state index in [1.807, 2.05) is 0 Å². The van der Waals surface area contributed by atoms with Crippen LogP contribution in [0.15, 0.2) is 12.1 Å². The summed E-state index contributed by atoms with van der Waals surface area (Å²) in [4.78, 5) is 0. The second kappa shape index (κ2) is 4.85. The molecule has 6 heteroatoms. The van der Waals surface area contributed by atoms with Crippen LogP contribution < -0.4 is 0 Å². The van der Waals surface area contributed by atoms with Gasteiger partial charge in [-0.2, -0.15) is 17.6 Å². The van der Waals surface area contributed by atoms with Crippen molar-refractivity contribution in [2.24, 2.45) is 0 Å². The molecule has 0 saturated carbocycles. The minimum atomic E-state index is -3.59. The third-order valence-corrected chi connectivity index (χ3v) is 2.88. The van der Waals surface area contributed by atoms with E-state index in [4.69, 9.17) is 10.2 Å². The Kier molecular flexibility index (Phi) is 4.02. The normalized spacial score (nSPS) is 12.9. The molecule has 2 N–H and O–H groups in total. The van der Waals surface area contributed by atoms with Crippen LogP contribution in [0.5, 0.6) is 0 Å². The van der Waals surface area contributed by atoms with Crippen LogP contribution in [0.3, 0.4) is 0 Å². The van der Waals surface area contributed by atoms with Crippen LogP contribution in [0.2, 0.25) is 0 Å². The van der Waals surface area contributed by atoms with Gasteiger partial charge in [-0.1, -0.05) is 0 Å². The Bertz CT molecular complexity index is 444. The van der Waals surface area contributed by atoms with Gasteiger partial charge < -0.3 is 10.2 Å². The second-order valence-electron chi connectivity index (χ2n) is 4.19. The zero-order valence-corrected chi connectivity index (χ0v) is 9.98. The van der Waals surface area contributed by atoms with Crippen molar-refractivity contribution in [2.75, 3.05) is 13.2 Å². The third-order valence-electron chi connectivity index (χ3n) is 2.88. The van der Waals surface area contributed by atoms with Crippen molar-refractivity contribution < 1.29 is 27.8 Å². The Morgan fingerprint density at radius 3 is 1.89 bits per heavy atom. The lowest BCUT2D eigenvalue weighted by atomic mass is 9.93. The standard InChI is InChI=1S/C12H14F4O2/c1-7-3-9(11(13,14)5-17)4-10(8(7)2)12(15,16)6-18/h3-4,17-18H,5-6H2,1-2H3. The lowest BCUT2D eigenvalue weighted by molar-refractivity contribution is -0.0619. The summed E-state index contributed by atoms with van der Waals surface area (Å²) >= 11 is 0. The zero-order chi connectivity index (χ0) is 14.1. The number of aryl methyl sites for hydroxylation is 1. The smallest absolute Gasteiger partial charge is 0.296 e. The van der Waals surface area contributed by atoms with E-state index in [9.17, 15) is 17.6 Å². The van der Waals surface area contributed by atoms with Gasteiger partial charge in [-0.15, -0.1) is 0 Å². The van der Waals surface area contributed by atoms with Crippen molar-refractivity contribution in [3.8, 4) is 0 Å². The van der Waals surface area contributed by atoms with Gasteiger partial charge in [0.2, 0.25) is 0 Å². The molecular weight excluding hydrogens is 252 g/mol. The molecule has 2 nitrogen and oxygen atoms in total. The first kappa shape index (κ1) is 14.9. The van der Waals surface area contributed by atoms with E-state index in [0.29, 0.717) is 6.07 Å². The number of hydrogen-bond acceptors (Lipinski definition) is 2. The molecule has 0 aliphatic carbocycles. The van der Waals surface area contributed by atoms with Crippen molar-refractivity contribution in [1.82, 2.24) is 0 Å². The van der Waals surface area contributed by atoms with Gasteiger partial charge in [0.25, 0.3) is 11.8 Å². The summed E-state index contributed by atoms with van der Waals surface area (Å²) in [6.45, 7) is -0.126. The molecule has 0 aliphatic heterocycles. The Labute approximate surface area is 102 Å². The quantitative estimate of drug-likeness (QED) is 0.822. The molecule has 0 aliphatic rings. The van der Waals surface area contributed by atoms with Gasteiger partial charge in [-0.3, -0.25) is 0 Å². The van der Waals surface area contributed by atoms with Crippen molar-refractivity contribution in [3.63, 3.8) is 0 Å².